The molecule has 1 fully saturated rings. The lowest BCUT2D eigenvalue weighted by Gasteiger charge is -2.34. The number of hydrogen-bond acceptors (Lipinski definition) is 4. The molecule has 1 rings (SSSR count). The number of piperazine rings is 1. The lowest BCUT2D eigenvalue weighted by Crippen LogP contribution is -2.51. The second-order valence-corrected chi connectivity index (χ2v) is 5.21. The zero-order valence-electron chi connectivity index (χ0n) is 12.6. The predicted molar refractivity (Wildman–Crippen MR) is 79.2 cm³/mol. The number of hydrogen-bond donors (Lipinski definition) is 2. The van der Waals surface area contributed by atoms with E-state index < -0.39 is 0 Å². The Bertz CT molecular complexity index is 302. The fourth-order valence-corrected chi connectivity index (χ4v) is 2.37. The molecular formula is C14H28N4O2. The number of carbonyl (C=O) groups is 2. The van der Waals surface area contributed by atoms with E-state index in [0.29, 0.717) is 26.1 Å². The van der Waals surface area contributed by atoms with Gasteiger partial charge in [0.2, 0.25) is 11.8 Å². The van der Waals surface area contributed by atoms with E-state index in [1.165, 1.54) is 0 Å². The molecule has 1 aliphatic heterocycles. The Morgan fingerprint density at radius 2 is 1.80 bits per heavy atom. The number of nitrogens with one attached hydrogen (secondary N) is 1. The van der Waals surface area contributed by atoms with Crippen molar-refractivity contribution in [2.75, 3.05) is 45.8 Å². The minimum absolute atomic E-state index is 0.0639. The van der Waals surface area contributed by atoms with E-state index in [4.69, 9.17) is 5.73 Å². The Kier molecular flexibility index (Phi) is 8.22. The molecule has 6 nitrogen and oxygen atoms in total. The third kappa shape index (κ3) is 6.34. The van der Waals surface area contributed by atoms with Crippen LogP contribution in [-0.2, 0) is 9.59 Å². The Morgan fingerprint density at radius 1 is 1.10 bits per heavy atom. The Balaban J connectivity index is 2.17. The summed E-state index contributed by atoms with van der Waals surface area (Å²) in [4.78, 5) is 27.5. The average Bonchev–Trinajstić information content (AvgIpc) is 2.44. The molecule has 0 unspecified atom stereocenters. The van der Waals surface area contributed by atoms with Crippen LogP contribution in [0.5, 0.6) is 0 Å². The van der Waals surface area contributed by atoms with Crippen LogP contribution in [-0.4, -0.2) is 67.4 Å². The van der Waals surface area contributed by atoms with Crippen LogP contribution >= 0.6 is 0 Å². The normalized spacial score (nSPS) is 16.2. The van der Waals surface area contributed by atoms with Crippen molar-refractivity contribution in [3.8, 4) is 0 Å². The van der Waals surface area contributed by atoms with Crippen LogP contribution < -0.4 is 11.1 Å². The van der Waals surface area contributed by atoms with Gasteiger partial charge in [-0.05, 0) is 26.3 Å². The highest BCUT2D eigenvalue weighted by molar-refractivity contribution is 5.78. The lowest BCUT2D eigenvalue weighted by molar-refractivity contribution is -0.133. The summed E-state index contributed by atoms with van der Waals surface area (Å²) in [6.07, 6.45) is 3.57. The van der Waals surface area contributed by atoms with Crippen molar-refractivity contribution < 1.29 is 9.59 Å². The number of amides is 2. The first-order chi connectivity index (χ1) is 9.67. The zero-order valence-corrected chi connectivity index (χ0v) is 12.6. The smallest absolute Gasteiger partial charge is 0.234 e. The molecule has 2 amide bonds. The molecule has 0 aliphatic carbocycles. The van der Waals surface area contributed by atoms with Gasteiger partial charge in [0.25, 0.3) is 0 Å². The highest BCUT2D eigenvalue weighted by Gasteiger charge is 2.21. The summed E-state index contributed by atoms with van der Waals surface area (Å²) in [5.41, 5.74) is 5.43. The first-order valence-corrected chi connectivity index (χ1v) is 7.64. The fraction of sp³-hybridized carbons (Fsp3) is 0.857. The van der Waals surface area contributed by atoms with Crippen LogP contribution in [0.4, 0.5) is 0 Å². The second-order valence-electron chi connectivity index (χ2n) is 5.21. The summed E-state index contributed by atoms with van der Waals surface area (Å²) in [6, 6.07) is 0. The first kappa shape index (κ1) is 16.9. The monoisotopic (exact) mass is 284 g/mol. The van der Waals surface area contributed by atoms with E-state index in [-0.39, 0.29) is 11.8 Å². The Morgan fingerprint density at radius 3 is 2.40 bits per heavy atom. The summed E-state index contributed by atoms with van der Waals surface area (Å²) >= 11 is 0. The number of nitrogens with zero attached hydrogens (tertiary/aromatic N) is 2. The van der Waals surface area contributed by atoms with Gasteiger partial charge in [-0.2, -0.15) is 0 Å². The van der Waals surface area contributed by atoms with Crippen molar-refractivity contribution in [2.24, 2.45) is 5.73 Å². The van der Waals surface area contributed by atoms with Gasteiger partial charge < -0.3 is 16.0 Å². The van der Waals surface area contributed by atoms with E-state index >= 15 is 0 Å². The van der Waals surface area contributed by atoms with Gasteiger partial charge in [-0.1, -0.05) is 6.42 Å². The minimum Gasteiger partial charge on any atom is -0.355 e. The molecule has 1 saturated heterocycles. The summed E-state index contributed by atoms with van der Waals surface area (Å²) in [5, 5.41) is 2.80. The van der Waals surface area contributed by atoms with E-state index in [2.05, 4.69) is 10.2 Å². The van der Waals surface area contributed by atoms with Gasteiger partial charge in [0.15, 0.2) is 0 Å². The quantitative estimate of drug-likeness (QED) is 0.604. The summed E-state index contributed by atoms with van der Waals surface area (Å²) in [6.45, 7) is 6.75. The SMILES string of the molecule is CCNC(=O)CN1CCN(C(=O)CCCCCN)CC1. The van der Waals surface area contributed by atoms with Gasteiger partial charge in [-0.25, -0.2) is 0 Å². The number of unbranched alkanes of at least 4 members (excludes halogenated alkanes) is 2. The summed E-state index contributed by atoms with van der Waals surface area (Å²) in [7, 11) is 0. The molecule has 0 radical (unpaired) electrons. The molecule has 0 spiro atoms. The molecule has 0 aromatic carbocycles. The number of carbonyl (C=O) groups excluding carboxylic acids is 2. The third-order valence-corrected chi connectivity index (χ3v) is 3.56. The molecule has 0 atom stereocenters. The molecule has 6 heteroatoms. The highest BCUT2D eigenvalue weighted by Crippen LogP contribution is 2.07. The van der Waals surface area contributed by atoms with E-state index in [0.717, 1.165) is 45.4 Å². The van der Waals surface area contributed by atoms with Crippen molar-refractivity contribution in [1.82, 2.24) is 15.1 Å². The van der Waals surface area contributed by atoms with Gasteiger partial charge in [0, 0.05) is 39.1 Å². The molecule has 1 aliphatic rings. The van der Waals surface area contributed by atoms with Crippen molar-refractivity contribution >= 4 is 11.8 Å². The molecule has 1 heterocycles. The minimum atomic E-state index is 0.0639. The van der Waals surface area contributed by atoms with E-state index in [9.17, 15) is 9.59 Å². The van der Waals surface area contributed by atoms with Gasteiger partial charge in [0.05, 0.1) is 6.54 Å². The van der Waals surface area contributed by atoms with E-state index in [1.54, 1.807) is 0 Å². The molecule has 0 aromatic rings. The molecule has 0 saturated carbocycles. The van der Waals surface area contributed by atoms with Crippen LogP contribution in [0.2, 0.25) is 0 Å². The topological polar surface area (TPSA) is 78.7 Å². The van der Waals surface area contributed by atoms with Crippen LogP contribution in [0.15, 0.2) is 0 Å². The molecule has 3 N–H and O–H groups in total. The molecule has 0 bridgehead atoms. The van der Waals surface area contributed by atoms with Gasteiger partial charge in [0.1, 0.15) is 0 Å². The van der Waals surface area contributed by atoms with Crippen molar-refractivity contribution in [1.29, 1.82) is 0 Å². The van der Waals surface area contributed by atoms with Crippen molar-refractivity contribution in [3.05, 3.63) is 0 Å². The van der Waals surface area contributed by atoms with Gasteiger partial charge >= 0.3 is 0 Å². The second kappa shape index (κ2) is 9.72. The average molecular weight is 284 g/mol. The summed E-state index contributed by atoms with van der Waals surface area (Å²) in [5.74, 6) is 0.300. The van der Waals surface area contributed by atoms with Crippen LogP contribution in [0.25, 0.3) is 0 Å². The van der Waals surface area contributed by atoms with Crippen LogP contribution in [0.3, 0.4) is 0 Å². The lowest BCUT2D eigenvalue weighted by atomic mass is 10.1. The maximum Gasteiger partial charge on any atom is 0.234 e. The highest BCUT2D eigenvalue weighted by atomic mass is 16.2. The van der Waals surface area contributed by atoms with Crippen LogP contribution in [0.1, 0.15) is 32.6 Å². The standard InChI is InChI=1S/C14H28N4O2/c1-2-16-13(19)12-17-8-10-18(11-9-17)14(20)6-4-3-5-7-15/h2-12,15H2,1H3,(H,16,19). The fourth-order valence-electron chi connectivity index (χ4n) is 2.37. The molecule has 0 aromatic heterocycles. The molecular weight excluding hydrogens is 256 g/mol. The van der Waals surface area contributed by atoms with Crippen molar-refractivity contribution in [3.63, 3.8) is 0 Å². The number of rotatable bonds is 8. The largest absolute Gasteiger partial charge is 0.355 e. The third-order valence-electron chi connectivity index (χ3n) is 3.56. The van der Waals surface area contributed by atoms with Crippen molar-refractivity contribution in [2.45, 2.75) is 32.6 Å². The molecule has 116 valence electrons. The van der Waals surface area contributed by atoms with E-state index in [1.807, 2.05) is 11.8 Å². The zero-order chi connectivity index (χ0) is 14.8. The predicted octanol–water partition coefficient (Wildman–Crippen LogP) is -0.214. The molecule has 20 heavy (non-hydrogen) atoms. The Labute approximate surface area is 121 Å². The number of likely N-dealkylation sites (N-methyl/N-ethyl adjacent to an activating group) is 1. The van der Waals surface area contributed by atoms with Crippen LogP contribution in [0, 0.1) is 0 Å². The van der Waals surface area contributed by atoms with Gasteiger partial charge in [-0.15, -0.1) is 0 Å². The summed E-state index contributed by atoms with van der Waals surface area (Å²) < 4.78 is 0. The maximum absolute atomic E-state index is 12.0. The number of nitrogens with two attached hydrogens (primary N) is 1. The van der Waals surface area contributed by atoms with Gasteiger partial charge in [-0.3, -0.25) is 14.5 Å². The first-order valence-electron chi connectivity index (χ1n) is 7.64. The maximum atomic E-state index is 12.0. The Hall–Kier alpha value is -1.14.